The van der Waals surface area contributed by atoms with Gasteiger partial charge >= 0.3 is 5.97 Å². The second kappa shape index (κ2) is 10.3. The lowest BCUT2D eigenvalue weighted by atomic mass is 10.0. The summed E-state index contributed by atoms with van der Waals surface area (Å²) in [5.74, 6) is 0.315. The fraction of sp³-hybridized carbons (Fsp3) is 0.417. The van der Waals surface area contributed by atoms with E-state index < -0.39 is 5.97 Å². The summed E-state index contributed by atoms with van der Waals surface area (Å²) >= 11 is 6.41. The zero-order chi connectivity index (χ0) is 23.4. The number of oxazole rings is 1. The van der Waals surface area contributed by atoms with E-state index in [1.54, 1.807) is 6.07 Å². The van der Waals surface area contributed by atoms with E-state index >= 15 is 0 Å². The van der Waals surface area contributed by atoms with E-state index in [0.717, 1.165) is 38.0 Å². The number of anilines is 1. The predicted octanol–water partition coefficient (Wildman–Crippen LogP) is 5.05. The van der Waals surface area contributed by atoms with Crippen molar-refractivity contribution in [1.29, 1.82) is 0 Å². The van der Waals surface area contributed by atoms with Crippen LogP contribution in [0.2, 0.25) is 5.02 Å². The molecule has 9 heteroatoms. The Morgan fingerprint density at radius 1 is 1.18 bits per heavy atom. The number of fused-ring (bicyclic) bond motifs is 1. The van der Waals surface area contributed by atoms with Crippen molar-refractivity contribution < 1.29 is 23.8 Å². The Labute approximate surface area is 197 Å². The highest BCUT2D eigenvalue weighted by Crippen LogP contribution is 2.36. The molecule has 1 fully saturated rings. The number of halogens is 1. The van der Waals surface area contributed by atoms with Gasteiger partial charge in [-0.15, -0.1) is 0 Å². The molecule has 1 saturated heterocycles. The fourth-order valence-electron chi connectivity index (χ4n) is 4.03. The molecule has 1 aliphatic heterocycles. The summed E-state index contributed by atoms with van der Waals surface area (Å²) in [7, 11) is 0. The molecule has 0 spiro atoms. The zero-order valence-corrected chi connectivity index (χ0v) is 19.5. The molecule has 0 radical (unpaired) electrons. The van der Waals surface area contributed by atoms with Crippen molar-refractivity contribution in [2.45, 2.75) is 39.3 Å². The van der Waals surface area contributed by atoms with Crippen molar-refractivity contribution in [1.82, 2.24) is 9.88 Å². The first-order valence-corrected chi connectivity index (χ1v) is 11.6. The monoisotopic (exact) mass is 473 g/mol. The predicted molar refractivity (Wildman–Crippen MR) is 127 cm³/mol. The van der Waals surface area contributed by atoms with E-state index in [9.17, 15) is 4.79 Å². The maximum Gasteiger partial charge on any atom is 0.335 e. The Morgan fingerprint density at radius 3 is 2.45 bits per heavy atom. The van der Waals surface area contributed by atoms with Gasteiger partial charge in [0.05, 0.1) is 18.8 Å². The molecule has 33 heavy (non-hydrogen) atoms. The van der Waals surface area contributed by atoms with Crippen LogP contribution in [0.25, 0.3) is 11.1 Å². The number of hydrogen-bond donors (Lipinski definition) is 2. The number of benzene rings is 2. The molecular formula is C24H28ClN3O5. The molecule has 1 aromatic heterocycles. The van der Waals surface area contributed by atoms with Gasteiger partial charge in [-0.05, 0) is 62.6 Å². The first-order chi connectivity index (χ1) is 16.0. The van der Waals surface area contributed by atoms with Crippen LogP contribution in [0.15, 0.2) is 34.7 Å². The third-order valence-electron chi connectivity index (χ3n) is 5.62. The zero-order valence-electron chi connectivity index (χ0n) is 18.8. The number of carboxylic acid groups (broad SMARTS) is 1. The van der Waals surface area contributed by atoms with Crippen LogP contribution in [0, 0.1) is 0 Å². The lowest BCUT2D eigenvalue weighted by molar-refractivity contribution is 0.0697. The highest BCUT2D eigenvalue weighted by atomic mass is 35.5. The molecule has 0 bridgehead atoms. The number of likely N-dealkylation sites (tertiary alicyclic amines) is 1. The number of piperidine rings is 1. The van der Waals surface area contributed by atoms with E-state index in [4.69, 9.17) is 30.6 Å². The van der Waals surface area contributed by atoms with Crippen molar-refractivity contribution >= 4 is 34.7 Å². The minimum absolute atomic E-state index is 0.181. The van der Waals surface area contributed by atoms with Gasteiger partial charge < -0.3 is 24.3 Å². The highest BCUT2D eigenvalue weighted by molar-refractivity contribution is 6.33. The maximum atomic E-state index is 11.1. The van der Waals surface area contributed by atoms with Crippen LogP contribution < -0.4 is 14.8 Å². The Hall–Kier alpha value is -2.97. The molecule has 8 nitrogen and oxygen atoms in total. The lowest BCUT2D eigenvalue weighted by Gasteiger charge is -2.32. The lowest BCUT2D eigenvalue weighted by Crippen LogP contribution is -2.38. The van der Waals surface area contributed by atoms with Gasteiger partial charge in [0.25, 0.3) is 6.01 Å². The van der Waals surface area contributed by atoms with E-state index in [2.05, 4.69) is 15.2 Å². The van der Waals surface area contributed by atoms with E-state index in [0.29, 0.717) is 46.8 Å². The van der Waals surface area contributed by atoms with Crippen LogP contribution in [0.5, 0.6) is 11.5 Å². The first-order valence-electron chi connectivity index (χ1n) is 11.2. The average molecular weight is 474 g/mol. The van der Waals surface area contributed by atoms with E-state index in [1.165, 1.54) is 12.1 Å². The smallest absolute Gasteiger partial charge is 0.335 e. The minimum atomic E-state index is -0.988. The summed E-state index contributed by atoms with van der Waals surface area (Å²) in [6.45, 7) is 7.56. The summed E-state index contributed by atoms with van der Waals surface area (Å²) in [5.41, 5.74) is 2.39. The van der Waals surface area contributed by atoms with Gasteiger partial charge in [-0.2, -0.15) is 4.98 Å². The van der Waals surface area contributed by atoms with Crippen LogP contribution in [-0.2, 0) is 6.54 Å². The van der Waals surface area contributed by atoms with E-state index in [1.807, 2.05) is 26.0 Å². The Morgan fingerprint density at radius 2 is 1.85 bits per heavy atom. The van der Waals surface area contributed by atoms with Gasteiger partial charge in [-0.3, -0.25) is 4.90 Å². The number of carbonyl (C=O) groups is 1. The van der Waals surface area contributed by atoms with Crippen molar-refractivity contribution in [3.63, 3.8) is 0 Å². The molecule has 176 valence electrons. The van der Waals surface area contributed by atoms with Crippen molar-refractivity contribution in [2.75, 3.05) is 31.6 Å². The molecule has 0 aliphatic carbocycles. The SMILES string of the molecule is CCOc1cc(CN2CCC(Nc3nc4ccc(C(=O)O)cc4o3)CC2)cc(OCC)c1Cl. The Kier molecular flexibility index (Phi) is 7.25. The largest absolute Gasteiger partial charge is 0.492 e. The van der Waals surface area contributed by atoms with Crippen molar-refractivity contribution in [3.8, 4) is 11.5 Å². The number of nitrogens with zero attached hydrogens (tertiary/aromatic N) is 2. The quantitative estimate of drug-likeness (QED) is 0.445. The van der Waals surface area contributed by atoms with Crippen LogP contribution in [0.1, 0.15) is 42.6 Å². The third-order valence-corrected chi connectivity index (χ3v) is 5.99. The number of aromatic carboxylic acids is 1. The van der Waals surface area contributed by atoms with Gasteiger partial charge in [0.15, 0.2) is 5.58 Å². The molecule has 4 rings (SSSR count). The molecule has 0 unspecified atom stereocenters. The minimum Gasteiger partial charge on any atom is -0.492 e. The van der Waals surface area contributed by atoms with Gasteiger partial charge in [0.2, 0.25) is 0 Å². The fourth-order valence-corrected chi connectivity index (χ4v) is 4.24. The van der Waals surface area contributed by atoms with Gasteiger partial charge in [0.1, 0.15) is 22.0 Å². The highest BCUT2D eigenvalue weighted by Gasteiger charge is 2.22. The van der Waals surface area contributed by atoms with Crippen molar-refractivity contribution in [2.24, 2.45) is 0 Å². The molecular weight excluding hydrogens is 446 g/mol. The molecule has 3 aromatic rings. The number of rotatable bonds is 9. The summed E-state index contributed by atoms with van der Waals surface area (Å²) in [6.07, 6.45) is 1.87. The molecule has 2 N–H and O–H groups in total. The molecule has 2 heterocycles. The summed E-state index contributed by atoms with van der Waals surface area (Å²) in [6, 6.07) is 9.32. The van der Waals surface area contributed by atoms with Gasteiger partial charge in [0, 0.05) is 25.7 Å². The molecule has 1 aliphatic rings. The molecule has 0 saturated carbocycles. The molecule has 2 aromatic carbocycles. The Bertz CT molecular complexity index is 1100. The molecule has 0 atom stereocenters. The second-order valence-corrected chi connectivity index (χ2v) is 8.35. The summed E-state index contributed by atoms with van der Waals surface area (Å²) in [5, 5.41) is 13.0. The van der Waals surface area contributed by atoms with Crippen molar-refractivity contribution in [3.05, 3.63) is 46.5 Å². The first kappa shape index (κ1) is 23.2. The van der Waals surface area contributed by atoms with Crippen LogP contribution in [-0.4, -0.2) is 53.3 Å². The maximum absolute atomic E-state index is 11.1. The number of carboxylic acids is 1. The van der Waals surface area contributed by atoms with Crippen LogP contribution >= 0.6 is 11.6 Å². The van der Waals surface area contributed by atoms with Gasteiger partial charge in [-0.25, -0.2) is 4.79 Å². The standard InChI is InChI=1S/C24H28ClN3O5/c1-3-31-20-11-15(12-21(22(20)25)32-4-2)14-28-9-7-17(8-10-28)26-24-27-18-6-5-16(23(29)30)13-19(18)33-24/h5-6,11-13,17H,3-4,7-10,14H2,1-2H3,(H,26,27)(H,29,30). The van der Waals surface area contributed by atoms with Crippen LogP contribution in [0.4, 0.5) is 6.01 Å². The summed E-state index contributed by atoms with van der Waals surface area (Å²) < 4.78 is 17.1. The molecule has 0 amide bonds. The average Bonchev–Trinajstić information content (AvgIpc) is 3.20. The number of nitrogens with one attached hydrogen (secondary N) is 1. The van der Waals surface area contributed by atoms with E-state index in [-0.39, 0.29) is 11.6 Å². The van der Waals surface area contributed by atoms with Crippen LogP contribution in [0.3, 0.4) is 0 Å². The number of aromatic nitrogens is 1. The summed E-state index contributed by atoms with van der Waals surface area (Å²) in [4.78, 5) is 18.0. The number of ether oxygens (including phenoxy) is 2. The Balaban J connectivity index is 1.36. The number of hydrogen-bond acceptors (Lipinski definition) is 7. The second-order valence-electron chi connectivity index (χ2n) is 7.97. The topological polar surface area (TPSA) is 97.1 Å². The van der Waals surface area contributed by atoms with Gasteiger partial charge in [-0.1, -0.05) is 11.6 Å². The normalized spacial score (nSPS) is 15.0. The third kappa shape index (κ3) is 5.51.